The highest BCUT2D eigenvalue weighted by Crippen LogP contribution is 2.09. The Morgan fingerprint density at radius 1 is 1.06 bits per heavy atom. The summed E-state index contributed by atoms with van der Waals surface area (Å²) in [5.74, 6) is -0.423. The monoisotopic (exact) mass is 250 g/mol. The molecular weight excluding hydrogens is 228 g/mol. The molecular formula is C15H22O3. The number of benzene rings is 1. The van der Waals surface area contributed by atoms with Gasteiger partial charge in [-0.1, -0.05) is 38.8 Å². The van der Waals surface area contributed by atoms with Gasteiger partial charge in [-0.3, -0.25) is 4.89 Å². The second-order valence-corrected chi connectivity index (χ2v) is 4.35. The van der Waals surface area contributed by atoms with Crippen molar-refractivity contribution in [1.82, 2.24) is 0 Å². The maximum atomic E-state index is 11.6. The van der Waals surface area contributed by atoms with Gasteiger partial charge in [0.1, 0.15) is 0 Å². The van der Waals surface area contributed by atoms with E-state index in [1.54, 1.807) is 12.1 Å². The Bertz CT molecular complexity index is 343. The molecule has 3 nitrogen and oxygen atoms in total. The van der Waals surface area contributed by atoms with Gasteiger partial charge in [0.05, 0.1) is 12.2 Å². The van der Waals surface area contributed by atoms with Crippen molar-refractivity contribution in [3.8, 4) is 0 Å². The molecule has 0 aliphatic carbocycles. The molecule has 1 rings (SSSR count). The summed E-state index contributed by atoms with van der Waals surface area (Å²) < 4.78 is 0. The lowest BCUT2D eigenvalue weighted by Crippen LogP contribution is -2.07. The van der Waals surface area contributed by atoms with E-state index in [4.69, 9.17) is 9.78 Å². The smallest absolute Gasteiger partial charge is 0.293 e. The third-order valence-electron chi connectivity index (χ3n) is 2.72. The van der Waals surface area contributed by atoms with E-state index >= 15 is 0 Å². The van der Waals surface area contributed by atoms with Gasteiger partial charge in [-0.25, -0.2) is 4.79 Å². The summed E-state index contributed by atoms with van der Waals surface area (Å²) in [5, 5.41) is 0. The van der Waals surface area contributed by atoms with Crippen LogP contribution in [0.5, 0.6) is 0 Å². The number of rotatable bonds is 8. The first-order chi connectivity index (χ1) is 8.77. The molecule has 0 fully saturated rings. The fourth-order valence-corrected chi connectivity index (χ4v) is 1.53. The summed E-state index contributed by atoms with van der Waals surface area (Å²) in [7, 11) is 0. The molecule has 1 aromatic carbocycles. The quantitative estimate of drug-likeness (QED) is 0.398. The van der Waals surface area contributed by atoms with Crippen LogP contribution in [-0.4, -0.2) is 12.6 Å². The van der Waals surface area contributed by atoms with E-state index in [9.17, 15) is 4.79 Å². The normalized spacial score (nSPS) is 10.3. The van der Waals surface area contributed by atoms with Gasteiger partial charge in [0.2, 0.25) is 0 Å². The van der Waals surface area contributed by atoms with E-state index in [-0.39, 0.29) is 0 Å². The lowest BCUT2D eigenvalue weighted by molar-refractivity contribution is -0.241. The zero-order valence-corrected chi connectivity index (χ0v) is 11.3. The summed E-state index contributed by atoms with van der Waals surface area (Å²) in [6.45, 7) is 4.68. The minimum Gasteiger partial charge on any atom is -0.293 e. The van der Waals surface area contributed by atoms with E-state index in [1.807, 2.05) is 12.1 Å². The molecule has 0 aliphatic heterocycles. The van der Waals surface area contributed by atoms with Crippen molar-refractivity contribution < 1.29 is 14.6 Å². The molecule has 3 heteroatoms. The van der Waals surface area contributed by atoms with Crippen LogP contribution in [0.2, 0.25) is 0 Å². The van der Waals surface area contributed by atoms with Gasteiger partial charge in [-0.05, 0) is 37.0 Å². The van der Waals surface area contributed by atoms with Gasteiger partial charge in [0.15, 0.2) is 0 Å². The second-order valence-electron chi connectivity index (χ2n) is 4.35. The van der Waals surface area contributed by atoms with Gasteiger partial charge in [0, 0.05) is 0 Å². The third kappa shape index (κ3) is 5.32. The first-order valence-corrected chi connectivity index (χ1v) is 6.70. The molecule has 1 aromatic rings. The largest absolute Gasteiger partial charge is 0.373 e. The SMILES string of the molecule is CCCCOOC(=O)c1ccc(CCCC)cc1. The van der Waals surface area contributed by atoms with E-state index in [0.717, 1.165) is 19.3 Å². The number of aryl methyl sites for hydroxylation is 1. The summed E-state index contributed by atoms with van der Waals surface area (Å²) in [5.41, 5.74) is 1.78. The van der Waals surface area contributed by atoms with Crippen LogP contribution in [0.3, 0.4) is 0 Å². The van der Waals surface area contributed by atoms with Crippen LogP contribution in [0.1, 0.15) is 55.5 Å². The molecule has 0 atom stereocenters. The third-order valence-corrected chi connectivity index (χ3v) is 2.72. The van der Waals surface area contributed by atoms with Gasteiger partial charge in [-0.15, -0.1) is 0 Å². The first-order valence-electron chi connectivity index (χ1n) is 6.70. The predicted octanol–water partition coefficient (Wildman–Crippen LogP) is 3.92. The van der Waals surface area contributed by atoms with Crippen LogP contribution in [0, 0.1) is 0 Å². The van der Waals surface area contributed by atoms with E-state index < -0.39 is 5.97 Å². The maximum Gasteiger partial charge on any atom is 0.373 e. The van der Waals surface area contributed by atoms with Crippen molar-refractivity contribution in [2.45, 2.75) is 46.0 Å². The van der Waals surface area contributed by atoms with Crippen molar-refractivity contribution >= 4 is 5.97 Å². The van der Waals surface area contributed by atoms with E-state index in [1.165, 1.54) is 18.4 Å². The molecule has 0 amide bonds. The Hall–Kier alpha value is -1.35. The molecule has 100 valence electrons. The lowest BCUT2D eigenvalue weighted by atomic mass is 10.1. The minimum atomic E-state index is -0.423. The Labute approximate surface area is 109 Å². The highest BCUT2D eigenvalue weighted by molar-refractivity contribution is 5.88. The van der Waals surface area contributed by atoms with Crippen molar-refractivity contribution in [2.24, 2.45) is 0 Å². The van der Waals surface area contributed by atoms with Crippen molar-refractivity contribution in [2.75, 3.05) is 6.61 Å². The molecule has 0 saturated carbocycles. The second kappa shape index (κ2) is 8.70. The fraction of sp³-hybridized carbons (Fsp3) is 0.533. The van der Waals surface area contributed by atoms with Gasteiger partial charge in [-0.2, -0.15) is 4.89 Å². The molecule has 0 heterocycles. The topological polar surface area (TPSA) is 35.5 Å². The Morgan fingerprint density at radius 2 is 1.72 bits per heavy atom. The highest BCUT2D eigenvalue weighted by atomic mass is 17.2. The number of carbonyl (C=O) groups excluding carboxylic acids is 1. The number of hydrogen-bond donors (Lipinski definition) is 0. The zero-order valence-electron chi connectivity index (χ0n) is 11.3. The Balaban J connectivity index is 2.38. The Morgan fingerprint density at radius 3 is 2.33 bits per heavy atom. The standard InChI is InChI=1S/C15H22O3/c1-3-5-7-13-8-10-14(11-9-13)15(16)18-17-12-6-4-2/h8-11H,3-7,12H2,1-2H3. The van der Waals surface area contributed by atoms with Crippen molar-refractivity contribution in [3.63, 3.8) is 0 Å². The van der Waals surface area contributed by atoms with Crippen LogP contribution in [0.4, 0.5) is 0 Å². The van der Waals surface area contributed by atoms with Gasteiger partial charge in [0.25, 0.3) is 0 Å². The maximum absolute atomic E-state index is 11.6. The Kier molecular flexibility index (Phi) is 7.11. The number of hydrogen-bond acceptors (Lipinski definition) is 3. The fourth-order valence-electron chi connectivity index (χ4n) is 1.53. The summed E-state index contributed by atoms with van der Waals surface area (Å²) >= 11 is 0. The average molecular weight is 250 g/mol. The van der Waals surface area contributed by atoms with Crippen LogP contribution < -0.4 is 0 Å². The van der Waals surface area contributed by atoms with Gasteiger partial charge < -0.3 is 0 Å². The molecule has 0 aliphatic rings. The van der Waals surface area contributed by atoms with Crippen LogP contribution in [-0.2, 0) is 16.2 Å². The molecule has 0 N–H and O–H groups in total. The summed E-state index contributed by atoms with van der Waals surface area (Å²) in [6, 6.07) is 7.52. The van der Waals surface area contributed by atoms with Crippen LogP contribution >= 0.6 is 0 Å². The molecule has 0 saturated heterocycles. The molecule has 18 heavy (non-hydrogen) atoms. The average Bonchev–Trinajstić information content (AvgIpc) is 2.41. The highest BCUT2D eigenvalue weighted by Gasteiger charge is 2.07. The van der Waals surface area contributed by atoms with E-state index in [0.29, 0.717) is 12.2 Å². The zero-order chi connectivity index (χ0) is 13.2. The molecule has 0 aromatic heterocycles. The van der Waals surface area contributed by atoms with Crippen LogP contribution in [0.15, 0.2) is 24.3 Å². The lowest BCUT2D eigenvalue weighted by Gasteiger charge is -2.04. The van der Waals surface area contributed by atoms with E-state index in [2.05, 4.69) is 13.8 Å². The summed E-state index contributed by atoms with van der Waals surface area (Å²) in [6.07, 6.45) is 5.31. The predicted molar refractivity (Wildman–Crippen MR) is 71.3 cm³/mol. The summed E-state index contributed by atoms with van der Waals surface area (Å²) in [4.78, 5) is 21.1. The van der Waals surface area contributed by atoms with Gasteiger partial charge >= 0.3 is 5.97 Å². The molecule has 0 radical (unpaired) electrons. The minimum absolute atomic E-state index is 0.423. The van der Waals surface area contributed by atoms with Crippen LogP contribution in [0.25, 0.3) is 0 Å². The number of unbranched alkanes of at least 4 members (excludes halogenated alkanes) is 2. The molecule has 0 unspecified atom stereocenters. The van der Waals surface area contributed by atoms with Crippen molar-refractivity contribution in [1.29, 1.82) is 0 Å². The van der Waals surface area contributed by atoms with Crippen molar-refractivity contribution in [3.05, 3.63) is 35.4 Å². The molecule has 0 spiro atoms. The molecule has 0 bridgehead atoms. The number of carbonyl (C=O) groups is 1. The first kappa shape index (κ1) is 14.7.